The van der Waals surface area contributed by atoms with Gasteiger partial charge in [0.25, 0.3) is 10.0 Å². The highest BCUT2D eigenvalue weighted by atomic mass is 32.2. The van der Waals surface area contributed by atoms with Crippen molar-refractivity contribution in [3.05, 3.63) is 47.3 Å². The highest BCUT2D eigenvalue weighted by Gasteiger charge is 2.35. The van der Waals surface area contributed by atoms with Crippen LogP contribution in [0.4, 0.5) is 18.9 Å². The number of carbonyl (C=O) groups excluding carboxylic acids is 1. The molecule has 2 aliphatic rings. The largest absolute Gasteiger partial charge is 0.416 e. The molecule has 3 heterocycles. The van der Waals surface area contributed by atoms with Gasteiger partial charge in [0.05, 0.1) is 5.56 Å². The van der Waals surface area contributed by atoms with Crippen molar-refractivity contribution < 1.29 is 26.4 Å². The van der Waals surface area contributed by atoms with E-state index in [9.17, 15) is 26.4 Å². The molecule has 2 fully saturated rings. The van der Waals surface area contributed by atoms with E-state index in [2.05, 4.69) is 0 Å². The monoisotopic (exact) mass is 487 g/mol. The van der Waals surface area contributed by atoms with E-state index in [1.54, 1.807) is 28.5 Å². The van der Waals surface area contributed by atoms with Crippen LogP contribution in [-0.4, -0.2) is 62.8 Å². The van der Waals surface area contributed by atoms with Crippen molar-refractivity contribution in [1.82, 2.24) is 9.21 Å². The van der Waals surface area contributed by atoms with Crippen LogP contribution in [0.1, 0.15) is 18.4 Å². The lowest BCUT2D eigenvalue weighted by Gasteiger charge is -2.39. The molecular weight excluding hydrogens is 463 g/mol. The van der Waals surface area contributed by atoms with E-state index in [0.717, 1.165) is 12.1 Å². The molecule has 0 spiro atoms. The standard InChI is InChI=1S/C21H24F3N3O3S2/c22-21(23,24)17-3-1-4-18(15-17)25-10-12-26(13-11-25)20(28)16-6-8-27(9-7-16)32(29,30)19-5-2-14-31-19/h1-5,14-16H,6-13H2. The number of sulfonamides is 1. The van der Waals surface area contributed by atoms with Crippen LogP contribution in [0.3, 0.4) is 0 Å². The van der Waals surface area contributed by atoms with Crippen LogP contribution in [0, 0.1) is 5.92 Å². The molecule has 4 rings (SSSR count). The molecule has 2 aromatic rings. The number of amides is 1. The van der Waals surface area contributed by atoms with Crippen LogP contribution >= 0.6 is 11.3 Å². The van der Waals surface area contributed by atoms with Crippen molar-refractivity contribution in [2.24, 2.45) is 5.92 Å². The van der Waals surface area contributed by atoms with Crippen molar-refractivity contribution >= 4 is 33.0 Å². The van der Waals surface area contributed by atoms with Gasteiger partial charge in [0.1, 0.15) is 4.21 Å². The number of benzene rings is 1. The fourth-order valence-electron chi connectivity index (χ4n) is 4.20. The van der Waals surface area contributed by atoms with E-state index >= 15 is 0 Å². The third-order valence-corrected chi connectivity index (χ3v) is 9.29. The van der Waals surface area contributed by atoms with E-state index < -0.39 is 21.8 Å². The van der Waals surface area contributed by atoms with Gasteiger partial charge in [-0.25, -0.2) is 8.42 Å². The van der Waals surface area contributed by atoms with Gasteiger partial charge in [-0.3, -0.25) is 4.79 Å². The molecule has 0 bridgehead atoms. The molecule has 32 heavy (non-hydrogen) atoms. The number of piperazine rings is 1. The predicted molar refractivity (Wildman–Crippen MR) is 116 cm³/mol. The number of thiophene rings is 1. The third-order valence-electron chi connectivity index (χ3n) is 6.02. The van der Waals surface area contributed by atoms with Crippen LogP contribution in [0.5, 0.6) is 0 Å². The molecule has 1 amide bonds. The Hall–Kier alpha value is -2.11. The molecule has 1 aromatic heterocycles. The zero-order valence-electron chi connectivity index (χ0n) is 17.3. The van der Waals surface area contributed by atoms with Crippen molar-refractivity contribution in [3.63, 3.8) is 0 Å². The number of anilines is 1. The predicted octanol–water partition coefficient (Wildman–Crippen LogP) is 3.52. The lowest BCUT2D eigenvalue weighted by Crippen LogP contribution is -2.52. The van der Waals surface area contributed by atoms with Crippen LogP contribution in [-0.2, 0) is 21.0 Å². The Labute approximate surface area is 189 Å². The van der Waals surface area contributed by atoms with Gasteiger partial charge in [-0.05, 0) is 42.5 Å². The Bertz CT molecular complexity index is 1040. The van der Waals surface area contributed by atoms with Gasteiger partial charge in [0.2, 0.25) is 5.91 Å². The summed E-state index contributed by atoms with van der Waals surface area (Å²) in [6.45, 7) is 2.39. The summed E-state index contributed by atoms with van der Waals surface area (Å²) in [6.07, 6.45) is -3.45. The molecule has 6 nitrogen and oxygen atoms in total. The Morgan fingerprint density at radius 3 is 2.25 bits per heavy atom. The van der Waals surface area contributed by atoms with E-state index in [-0.39, 0.29) is 11.8 Å². The SMILES string of the molecule is O=C(C1CCN(S(=O)(=O)c2cccs2)CC1)N1CCN(c2cccc(C(F)(F)F)c2)CC1. The van der Waals surface area contributed by atoms with E-state index in [0.29, 0.717) is 62.0 Å². The summed E-state index contributed by atoms with van der Waals surface area (Å²) in [5.41, 5.74) is -0.184. The van der Waals surface area contributed by atoms with Gasteiger partial charge < -0.3 is 9.80 Å². The zero-order chi connectivity index (χ0) is 22.9. The molecule has 11 heteroatoms. The van der Waals surface area contributed by atoms with Gasteiger partial charge >= 0.3 is 6.18 Å². The minimum Gasteiger partial charge on any atom is -0.368 e. The second kappa shape index (κ2) is 9.03. The average Bonchev–Trinajstić information content (AvgIpc) is 3.34. The van der Waals surface area contributed by atoms with Gasteiger partial charge in [-0.2, -0.15) is 17.5 Å². The van der Waals surface area contributed by atoms with Gasteiger partial charge in [0.15, 0.2) is 0 Å². The Morgan fingerprint density at radius 1 is 0.969 bits per heavy atom. The van der Waals surface area contributed by atoms with E-state index in [1.807, 2.05) is 4.90 Å². The summed E-state index contributed by atoms with van der Waals surface area (Å²) >= 11 is 1.18. The first-order valence-electron chi connectivity index (χ1n) is 10.4. The number of alkyl halides is 3. The first-order chi connectivity index (χ1) is 15.2. The molecule has 0 radical (unpaired) electrons. The normalized spacial score (nSPS) is 19.3. The molecule has 174 valence electrons. The molecule has 0 unspecified atom stereocenters. The first-order valence-corrected chi connectivity index (χ1v) is 12.7. The lowest BCUT2D eigenvalue weighted by atomic mass is 9.96. The second-order valence-electron chi connectivity index (χ2n) is 7.97. The van der Waals surface area contributed by atoms with Gasteiger partial charge in [-0.1, -0.05) is 12.1 Å². The summed E-state index contributed by atoms with van der Waals surface area (Å²) in [5.74, 6) is -0.230. The highest BCUT2D eigenvalue weighted by molar-refractivity contribution is 7.91. The molecule has 0 aliphatic carbocycles. The summed E-state index contributed by atoms with van der Waals surface area (Å²) < 4.78 is 66.0. The molecule has 0 saturated carbocycles. The summed E-state index contributed by atoms with van der Waals surface area (Å²) in [6, 6.07) is 8.52. The van der Waals surface area contributed by atoms with Gasteiger partial charge in [0, 0.05) is 50.9 Å². The molecule has 0 atom stereocenters. The molecule has 2 saturated heterocycles. The smallest absolute Gasteiger partial charge is 0.368 e. The summed E-state index contributed by atoms with van der Waals surface area (Å²) in [7, 11) is -3.50. The Balaban J connectivity index is 1.31. The fourth-order valence-corrected chi connectivity index (χ4v) is 6.82. The number of hydrogen-bond acceptors (Lipinski definition) is 5. The van der Waals surface area contributed by atoms with E-state index in [4.69, 9.17) is 0 Å². The third kappa shape index (κ3) is 4.79. The van der Waals surface area contributed by atoms with Crippen LogP contribution in [0.15, 0.2) is 46.0 Å². The molecule has 0 N–H and O–H groups in total. The Morgan fingerprint density at radius 2 is 1.66 bits per heavy atom. The van der Waals surface area contributed by atoms with Crippen molar-refractivity contribution in [2.75, 3.05) is 44.2 Å². The average molecular weight is 488 g/mol. The molecular formula is C21H24F3N3O3S2. The van der Waals surface area contributed by atoms with Crippen LogP contribution < -0.4 is 4.90 Å². The number of rotatable bonds is 4. The van der Waals surface area contributed by atoms with Crippen molar-refractivity contribution in [3.8, 4) is 0 Å². The van der Waals surface area contributed by atoms with Crippen molar-refractivity contribution in [2.45, 2.75) is 23.2 Å². The maximum Gasteiger partial charge on any atom is 0.416 e. The number of piperidine rings is 1. The lowest BCUT2D eigenvalue weighted by molar-refractivity contribution is -0.137. The highest BCUT2D eigenvalue weighted by Crippen LogP contribution is 2.32. The molecule has 2 aliphatic heterocycles. The topological polar surface area (TPSA) is 60.9 Å². The molecule has 1 aromatic carbocycles. The Kier molecular flexibility index (Phi) is 6.51. The van der Waals surface area contributed by atoms with Crippen molar-refractivity contribution in [1.29, 1.82) is 0 Å². The maximum atomic E-state index is 13.0. The summed E-state index contributed by atoms with van der Waals surface area (Å²) in [5, 5.41) is 1.72. The maximum absolute atomic E-state index is 13.0. The number of halogens is 3. The quantitative estimate of drug-likeness (QED) is 0.662. The minimum atomic E-state index is -4.39. The van der Waals surface area contributed by atoms with Gasteiger partial charge in [-0.15, -0.1) is 11.3 Å². The minimum absolute atomic E-state index is 0.00173. The number of hydrogen-bond donors (Lipinski definition) is 0. The van der Waals surface area contributed by atoms with Crippen LogP contribution in [0.25, 0.3) is 0 Å². The zero-order valence-corrected chi connectivity index (χ0v) is 18.9. The number of carbonyl (C=O) groups is 1. The summed E-state index contributed by atoms with van der Waals surface area (Å²) in [4.78, 5) is 16.6. The second-order valence-corrected chi connectivity index (χ2v) is 11.1. The first kappa shape index (κ1) is 23.1. The van der Waals surface area contributed by atoms with Crippen LogP contribution in [0.2, 0.25) is 0 Å². The number of nitrogens with zero attached hydrogens (tertiary/aromatic N) is 3. The van der Waals surface area contributed by atoms with E-state index in [1.165, 1.54) is 21.7 Å². The fraction of sp³-hybridized carbons (Fsp3) is 0.476.